The Balaban J connectivity index is 2.36. The summed E-state index contributed by atoms with van der Waals surface area (Å²) in [6.45, 7) is 4.08. The molecule has 3 nitrogen and oxygen atoms in total. The van der Waals surface area contributed by atoms with Gasteiger partial charge in [0.25, 0.3) is 0 Å². The predicted octanol–water partition coefficient (Wildman–Crippen LogP) is 2.44. The van der Waals surface area contributed by atoms with E-state index in [1.54, 1.807) is 11.3 Å². The van der Waals surface area contributed by atoms with Crippen molar-refractivity contribution in [3.05, 3.63) is 34.3 Å². The number of thiophene rings is 1. The largest absolute Gasteiger partial charge is 0.369 e. The van der Waals surface area contributed by atoms with Crippen LogP contribution in [-0.2, 0) is 0 Å². The van der Waals surface area contributed by atoms with Crippen molar-refractivity contribution in [2.24, 2.45) is 0 Å². The summed E-state index contributed by atoms with van der Waals surface area (Å²) in [5, 5.41) is 2.08. The van der Waals surface area contributed by atoms with Gasteiger partial charge in [0, 0.05) is 11.1 Å². The number of nitrogen functional groups attached to an aromatic ring is 1. The Kier molecular flexibility index (Phi) is 2.29. The van der Waals surface area contributed by atoms with Crippen LogP contribution in [-0.4, -0.2) is 9.55 Å². The zero-order chi connectivity index (χ0) is 10.1. The Bertz CT molecular complexity index is 417. The maximum atomic E-state index is 5.80. The summed E-state index contributed by atoms with van der Waals surface area (Å²) < 4.78 is 2.00. The molecule has 2 heterocycles. The van der Waals surface area contributed by atoms with Gasteiger partial charge in [-0.15, -0.1) is 11.3 Å². The molecule has 1 unspecified atom stereocenters. The molecule has 0 saturated carbocycles. The van der Waals surface area contributed by atoms with Crippen molar-refractivity contribution in [2.75, 3.05) is 5.73 Å². The third-order valence-corrected chi connectivity index (χ3v) is 3.30. The van der Waals surface area contributed by atoms with Crippen molar-refractivity contribution in [1.29, 1.82) is 0 Å². The molecule has 2 aromatic heterocycles. The van der Waals surface area contributed by atoms with Crippen molar-refractivity contribution < 1.29 is 0 Å². The van der Waals surface area contributed by atoms with E-state index in [4.69, 9.17) is 5.73 Å². The average Bonchev–Trinajstić information content (AvgIpc) is 2.73. The summed E-state index contributed by atoms with van der Waals surface area (Å²) >= 11 is 1.74. The molecular formula is C10H13N3S. The van der Waals surface area contributed by atoms with Crippen molar-refractivity contribution in [2.45, 2.75) is 19.9 Å². The van der Waals surface area contributed by atoms with Crippen molar-refractivity contribution in [3.8, 4) is 0 Å². The van der Waals surface area contributed by atoms with Gasteiger partial charge in [-0.1, -0.05) is 6.07 Å². The van der Waals surface area contributed by atoms with Crippen molar-refractivity contribution in [1.82, 2.24) is 9.55 Å². The molecule has 1 atom stereocenters. The lowest BCUT2D eigenvalue weighted by Crippen LogP contribution is -2.07. The number of hydrogen-bond donors (Lipinski definition) is 1. The molecule has 0 aromatic carbocycles. The van der Waals surface area contributed by atoms with Crippen LogP contribution in [0.1, 0.15) is 23.5 Å². The third kappa shape index (κ3) is 1.53. The summed E-state index contributed by atoms with van der Waals surface area (Å²) in [6, 6.07) is 4.44. The number of nitrogens with two attached hydrogens (primary N) is 1. The fraction of sp³-hybridized carbons (Fsp3) is 0.300. The minimum Gasteiger partial charge on any atom is -0.369 e. The fourth-order valence-electron chi connectivity index (χ4n) is 1.51. The summed E-state index contributed by atoms with van der Waals surface area (Å²) in [5.41, 5.74) is 6.77. The van der Waals surface area contributed by atoms with E-state index < -0.39 is 0 Å². The molecule has 2 rings (SSSR count). The van der Waals surface area contributed by atoms with E-state index in [1.807, 2.05) is 17.7 Å². The fourth-order valence-corrected chi connectivity index (χ4v) is 2.29. The highest BCUT2D eigenvalue weighted by Gasteiger charge is 2.11. The highest BCUT2D eigenvalue weighted by Crippen LogP contribution is 2.24. The normalized spacial score (nSPS) is 13.0. The standard InChI is InChI=1S/C10H13N3S/c1-7-6-13(10(11)12-7)8(2)9-4-3-5-14-9/h3-6,8H,1-2H3,(H2,11,12). The van der Waals surface area contributed by atoms with Crippen LogP contribution in [0.5, 0.6) is 0 Å². The van der Waals surface area contributed by atoms with Crippen LogP contribution in [0, 0.1) is 6.92 Å². The Morgan fingerprint density at radius 1 is 1.57 bits per heavy atom. The Morgan fingerprint density at radius 2 is 2.36 bits per heavy atom. The second-order valence-electron chi connectivity index (χ2n) is 3.34. The van der Waals surface area contributed by atoms with Gasteiger partial charge in [-0.3, -0.25) is 0 Å². The number of rotatable bonds is 2. The van der Waals surface area contributed by atoms with E-state index in [-0.39, 0.29) is 6.04 Å². The van der Waals surface area contributed by atoms with Crippen molar-refractivity contribution >= 4 is 17.3 Å². The first kappa shape index (κ1) is 9.27. The summed E-state index contributed by atoms with van der Waals surface area (Å²) in [5.74, 6) is 0.586. The predicted molar refractivity (Wildman–Crippen MR) is 59.5 cm³/mol. The monoisotopic (exact) mass is 207 g/mol. The smallest absolute Gasteiger partial charge is 0.200 e. The third-order valence-electron chi connectivity index (χ3n) is 2.25. The molecule has 0 amide bonds. The Morgan fingerprint density at radius 3 is 2.86 bits per heavy atom. The second-order valence-corrected chi connectivity index (χ2v) is 4.32. The minimum absolute atomic E-state index is 0.274. The number of aromatic nitrogens is 2. The number of aryl methyl sites for hydroxylation is 1. The number of hydrogen-bond acceptors (Lipinski definition) is 3. The Labute approximate surface area is 87.2 Å². The van der Waals surface area contributed by atoms with Gasteiger partial charge in [0.15, 0.2) is 0 Å². The first-order valence-electron chi connectivity index (χ1n) is 4.53. The number of imidazole rings is 1. The van der Waals surface area contributed by atoms with Gasteiger partial charge >= 0.3 is 0 Å². The molecule has 0 aliphatic heterocycles. The zero-order valence-electron chi connectivity index (χ0n) is 8.27. The van der Waals surface area contributed by atoms with Crippen LogP contribution in [0.15, 0.2) is 23.7 Å². The lowest BCUT2D eigenvalue weighted by molar-refractivity contribution is 0.659. The van der Waals surface area contributed by atoms with Crippen molar-refractivity contribution in [3.63, 3.8) is 0 Å². The van der Waals surface area contributed by atoms with E-state index in [0.717, 1.165) is 5.69 Å². The van der Waals surface area contributed by atoms with E-state index in [1.165, 1.54) is 4.88 Å². The van der Waals surface area contributed by atoms with E-state index >= 15 is 0 Å². The zero-order valence-corrected chi connectivity index (χ0v) is 9.08. The minimum atomic E-state index is 0.274. The molecule has 14 heavy (non-hydrogen) atoms. The van der Waals surface area contributed by atoms with Gasteiger partial charge in [0.2, 0.25) is 5.95 Å². The molecule has 0 spiro atoms. The molecule has 4 heteroatoms. The quantitative estimate of drug-likeness (QED) is 0.822. The van der Waals surface area contributed by atoms with Gasteiger partial charge in [0.1, 0.15) is 0 Å². The molecule has 2 aromatic rings. The summed E-state index contributed by atoms with van der Waals surface area (Å²) in [6.07, 6.45) is 1.99. The van der Waals surface area contributed by atoms with Gasteiger partial charge in [-0.05, 0) is 25.3 Å². The molecule has 74 valence electrons. The molecule has 2 N–H and O–H groups in total. The van der Waals surface area contributed by atoms with Crippen LogP contribution in [0.3, 0.4) is 0 Å². The second kappa shape index (κ2) is 3.46. The summed E-state index contributed by atoms with van der Waals surface area (Å²) in [4.78, 5) is 5.49. The van der Waals surface area contributed by atoms with Gasteiger partial charge in [-0.2, -0.15) is 0 Å². The first-order chi connectivity index (χ1) is 6.68. The van der Waals surface area contributed by atoms with Crippen LogP contribution >= 0.6 is 11.3 Å². The van der Waals surface area contributed by atoms with Crippen LogP contribution in [0.25, 0.3) is 0 Å². The number of nitrogens with zero attached hydrogens (tertiary/aromatic N) is 2. The Hall–Kier alpha value is -1.29. The SMILES string of the molecule is Cc1cn(C(C)c2cccs2)c(N)n1. The lowest BCUT2D eigenvalue weighted by atomic mass is 10.3. The van der Waals surface area contributed by atoms with E-state index in [9.17, 15) is 0 Å². The lowest BCUT2D eigenvalue weighted by Gasteiger charge is -2.12. The average molecular weight is 207 g/mol. The molecular weight excluding hydrogens is 194 g/mol. The molecule has 0 aliphatic carbocycles. The van der Waals surface area contributed by atoms with Gasteiger partial charge < -0.3 is 10.3 Å². The van der Waals surface area contributed by atoms with E-state index in [2.05, 4.69) is 29.4 Å². The van der Waals surface area contributed by atoms with Crippen LogP contribution in [0.2, 0.25) is 0 Å². The van der Waals surface area contributed by atoms with E-state index in [0.29, 0.717) is 5.95 Å². The highest BCUT2D eigenvalue weighted by atomic mass is 32.1. The molecule has 0 aliphatic rings. The molecule has 0 radical (unpaired) electrons. The maximum absolute atomic E-state index is 5.80. The molecule has 0 saturated heterocycles. The van der Waals surface area contributed by atoms with Gasteiger partial charge in [0.05, 0.1) is 11.7 Å². The maximum Gasteiger partial charge on any atom is 0.200 e. The number of anilines is 1. The summed E-state index contributed by atoms with van der Waals surface area (Å²) in [7, 11) is 0. The first-order valence-corrected chi connectivity index (χ1v) is 5.41. The van der Waals surface area contributed by atoms with Gasteiger partial charge in [-0.25, -0.2) is 4.98 Å². The highest BCUT2D eigenvalue weighted by molar-refractivity contribution is 7.10. The van der Waals surface area contributed by atoms with Crippen LogP contribution in [0.4, 0.5) is 5.95 Å². The topological polar surface area (TPSA) is 43.8 Å². The van der Waals surface area contributed by atoms with Crippen LogP contribution < -0.4 is 5.73 Å². The molecule has 0 fully saturated rings. The molecule has 0 bridgehead atoms.